The Hall–Kier alpha value is -2.36. The summed E-state index contributed by atoms with van der Waals surface area (Å²) >= 11 is 1.99. The molecule has 226 valence electrons. The fraction of sp³-hybridized carbons (Fsp3) is 0.607. The van der Waals surface area contributed by atoms with E-state index in [1.807, 2.05) is 29.5 Å². The molecule has 13 heteroatoms. The van der Waals surface area contributed by atoms with Crippen molar-refractivity contribution in [2.45, 2.75) is 110 Å². The van der Waals surface area contributed by atoms with Crippen molar-refractivity contribution in [3.63, 3.8) is 0 Å². The number of aromatic nitrogens is 2. The average molecular weight is 701 g/mol. The summed E-state index contributed by atoms with van der Waals surface area (Å²) in [6.07, 6.45) is 1.10. The monoisotopic (exact) mass is 700 g/mol. The van der Waals surface area contributed by atoms with Gasteiger partial charge in [-0.1, -0.05) is 27.7 Å². The molecular formula is C28H41IN4O7Si. The van der Waals surface area contributed by atoms with E-state index in [2.05, 4.69) is 38.8 Å². The first-order chi connectivity index (χ1) is 18.8. The van der Waals surface area contributed by atoms with Gasteiger partial charge in [-0.15, -0.1) is 0 Å². The number of hydrogen-bond acceptors (Lipinski definition) is 8. The van der Waals surface area contributed by atoms with E-state index in [1.165, 1.54) is 22.9 Å². The lowest BCUT2D eigenvalue weighted by atomic mass is 10.1. The first-order valence-corrected chi connectivity index (χ1v) is 17.7. The molecule has 0 saturated carbocycles. The van der Waals surface area contributed by atoms with Gasteiger partial charge >= 0.3 is 11.8 Å². The third-order valence-electron chi connectivity index (χ3n) is 7.42. The SMILES string of the molecule is CC[C@H]1O[C@@H](n2ccc(N(Cc3ccc(I)cc3[N+](=O)[O-])C(=O)OC(C)(C)C)nc2=O)C[C@H]1O[Si](C)(C)C(C)(C)C. The summed E-state index contributed by atoms with van der Waals surface area (Å²) in [7, 11) is -2.07. The van der Waals surface area contributed by atoms with Crippen LogP contribution in [0.25, 0.3) is 0 Å². The summed E-state index contributed by atoms with van der Waals surface area (Å²) in [5.41, 5.74) is -1.31. The van der Waals surface area contributed by atoms with Gasteiger partial charge in [-0.05, 0) is 86.1 Å². The van der Waals surface area contributed by atoms with Crippen LogP contribution in [0.1, 0.15) is 73.1 Å². The van der Waals surface area contributed by atoms with E-state index in [4.69, 9.17) is 13.9 Å². The third-order valence-corrected chi connectivity index (χ3v) is 12.6. The lowest BCUT2D eigenvalue weighted by molar-refractivity contribution is -0.385. The van der Waals surface area contributed by atoms with E-state index < -0.39 is 36.9 Å². The summed E-state index contributed by atoms with van der Waals surface area (Å²) in [6, 6.07) is 6.25. The van der Waals surface area contributed by atoms with E-state index in [-0.39, 0.29) is 40.9 Å². The summed E-state index contributed by atoms with van der Waals surface area (Å²) < 4.78 is 20.6. The molecule has 1 aromatic carbocycles. The molecule has 1 fully saturated rings. The fourth-order valence-electron chi connectivity index (χ4n) is 4.25. The number of rotatable bonds is 8. The number of anilines is 1. The standard InChI is InChI=1S/C28H41IN4O7Si/c1-10-21-22(40-41(8,9)28(5,6)7)16-24(38-21)31-14-13-23(30-25(31)34)32(26(35)39-27(2,3)4)17-18-11-12-19(29)15-20(18)33(36)37/h11-15,21-22,24H,10,16-17H2,1-9H3/t21-,22-,24-/m1/s1. The van der Waals surface area contributed by atoms with Crippen molar-refractivity contribution in [1.82, 2.24) is 9.55 Å². The van der Waals surface area contributed by atoms with Crippen LogP contribution in [0.4, 0.5) is 16.3 Å². The zero-order chi connectivity index (χ0) is 30.9. The minimum absolute atomic E-state index is 0.0208. The van der Waals surface area contributed by atoms with Crippen LogP contribution in [0.2, 0.25) is 18.1 Å². The van der Waals surface area contributed by atoms with Gasteiger partial charge in [-0.25, -0.2) is 9.59 Å². The zero-order valence-electron chi connectivity index (χ0n) is 25.3. The second-order valence-electron chi connectivity index (χ2n) is 12.8. The van der Waals surface area contributed by atoms with Crippen molar-refractivity contribution in [3.8, 4) is 0 Å². The topological polar surface area (TPSA) is 126 Å². The predicted octanol–water partition coefficient (Wildman–Crippen LogP) is 6.79. The maximum atomic E-state index is 13.3. The highest BCUT2D eigenvalue weighted by Gasteiger charge is 2.44. The molecule has 1 amide bonds. The molecule has 3 rings (SSSR count). The number of nitrogens with zero attached hydrogens (tertiary/aromatic N) is 4. The molecule has 3 atom stereocenters. The number of benzene rings is 1. The van der Waals surface area contributed by atoms with E-state index >= 15 is 0 Å². The Morgan fingerprint density at radius 3 is 2.44 bits per heavy atom. The van der Waals surface area contributed by atoms with Gasteiger partial charge in [0.15, 0.2) is 8.32 Å². The van der Waals surface area contributed by atoms with Gasteiger partial charge < -0.3 is 13.9 Å². The second-order valence-corrected chi connectivity index (χ2v) is 18.8. The van der Waals surface area contributed by atoms with Crippen molar-refractivity contribution in [2.75, 3.05) is 4.90 Å². The molecule has 0 N–H and O–H groups in total. The van der Waals surface area contributed by atoms with Gasteiger partial charge in [0.05, 0.1) is 23.7 Å². The maximum absolute atomic E-state index is 13.3. The number of hydrogen-bond donors (Lipinski definition) is 0. The predicted molar refractivity (Wildman–Crippen MR) is 168 cm³/mol. The van der Waals surface area contributed by atoms with E-state index in [9.17, 15) is 19.7 Å². The quantitative estimate of drug-likeness (QED) is 0.128. The first-order valence-electron chi connectivity index (χ1n) is 13.7. The smallest absolute Gasteiger partial charge is 0.416 e. The molecule has 2 heterocycles. The van der Waals surface area contributed by atoms with Crippen molar-refractivity contribution < 1.29 is 23.6 Å². The maximum Gasteiger partial charge on any atom is 0.416 e. The molecule has 0 radical (unpaired) electrons. The van der Waals surface area contributed by atoms with Crippen LogP contribution in [-0.2, 0) is 20.4 Å². The molecule has 1 aliphatic rings. The highest BCUT2D eigenvalue weighted by atomic mass is 127. The molecule has 1 aliphatic heterocycles. The minimum atomic E-state index is -2.07. The Balaban J connectivity index is 1.94. The Morgan fingerprint density at radius 2 is 1.90 bits per heavy atom. The molecule has 1 aromatic heterocycles. The number of amides is 1. The minimum Gasteiger partial charge on any atom is -0.443 e. The van der Waals surface area contributed by atoms with Gasteiger partial charge in [-0.2, -0.15) is 4.98 Å². The van der Waals surface area contributed by atoms with Crippen LogP contribution < -0.4 is 10.6 Å². The molecule has 2 aromatic rings. The van der Waals surface area contributed by atoms with Crippen LogP contribution >= 0.6 is 22.6 Å². The highest BCUT2D eigenvalue weighted by Crippen LogP contribution is 2.41. The number of carbonyl (C=O) groups excluding carboxylic acids is 1. The fourth-order valence-corrected chi connectivity index (χ4v) is 6.09. The van der Waals surface area contributed by atoms with Crippen LogP contribution in [0, 0.1) is 13.7 Å². The van der Waals surface area contributed by atoms with Crippen molar-refractivity contribution in [1.29, 1.82) is 0 Å². The van der Waals surface area contributed by atoms with Gasteiger partial charge in [0.25, 0.3) is 5.69 Å². The molecule has 0 bridgehead atoms. The number of halogens is 1. The van der Waals surface area contributed by atoms with Crippen LogP contribution in [0.3, 0.4) is 0 Å². The number of nitro benzene ring substituents is 1. The number of nitro groups is 1. The van der Waals surface area contributed by atoms with Gasteiger partial charge in [0.1, 0.15) is 17.6 Å². The van der Waals surface area contributed by atoms with Crippen LogP contribution in [0.15, 0.2) is 35.3 Å². The van der Waals surface area contributed by atoms with Crippen LogP contribution in [0.5, 0.6) is 0 Å². The van der Waals surface area contributed by atoms with Crippen molar-refractivity contribution >= 4 is 48.5 Å². The van der Waals surface area contributed by atoms with Crippen LogP contribution in [-0.4, -0.2) is 46.7 Å². The molecule has 1 saturated heterocycles. The summed E-state index contributed by atoms with van der Waals surface area (Å²) in [5, 5.41) is 11.8. The normalized spacial score (nSPS) is 19.7. The summed E-state index contributed by atoms with van der Waals surface area (Å²) in [6.45, 7) is 17.9. The van der Waals surface area contributed by atoms with Gasteiger partial charge in [0, 0.05) is 27.8 Å². The largest absolute Gasteiger partial charge is 0.443 e. The number of carbonyl (C=O) groups is 1. The Kier molecular flexibility index (Phi) is 10.1. The van der Waals surface area contributed by atoms with E-state index in [0.29, 0.717) is 9.99 Å². The molecule has 11 nitrogen and oxygen atoms in total. The lowest BCUT2D eigenvalue weighted by Gasteiger charge is -2.39. The summed E-state index contributed by atoms with van der Waals surface area (Å²) in [5.74, 6) is 0.0208. The third kappa shape index (κ3) is 8.14. The molecule has 0 unspecified atom stereocenters. The zero-order valence-corrected chi connectivity index (χ0v) is 28.4. The Bertz CT molecular complexity index is 1340. The molecular weight excluding hydrogens is 659 g/mol. The molecule has 41 heavy (non-hydrogen) atoms. The molecule has 0 spiro atoms. The Labute approximate surface area is 256 Å². The average Bonchev–Trinajstić information content (AvgIpc) is 3.22. The Morgan fingerprint density at radius 1 is 1.24 bits per heavy atom. The highest BCUT2D eigenvalue weighted by molar-refractivity contribution is 14.1. The van der Waals surface area contributed by atoms with Gasteiger partial charge in [0.2, 0.25) is 0 Å². The van der Waals surface area contributed by atoms with E-state index in [0.717, 1.165) is 11.3 Å². The van der Waals surface area contributed by atoms with Crippen molar-refractivity contribution in [2.24, 2.45) is 0 Å². The van der Waals surface area contributed by atoms with E-state index in [1.54, 1.807) is 32.9 Å². The lowest BCUT2D eigenvalue weighted by Crippen LogP contribution is -2.45. The first kappa shape index (κ1) is 33.1. The second kappa shape index (κ2) is 12.5. The number of ether oxygens (including phenoxy) is 2. The van der Waals surface area contributed by atoms with Crippen molar-refractivity contribution in [3.05, 3.63) is 60.2 Å². The van der Waals surface area contributed by atoms with Gasteiger partial charge in [-0.3, -0.25) is 19.6 Å². The molecule has 0 aliphatic carbocycles. The summed E-state index contributed by atoms with van der Waals surface area (Å²) in [4.78, 5) is 43.1.